The predicted octanol–water partition coefficient (Wildman–Crippen LogP) is 2.72. The number of piperazine rings is 1. The maximum absolute atomic E-state index is 12.5. The van der Waals surface area contributed by atoms with E-state index in [0.29, 0.717) is 39.0 Å². The molecule has 2 amide bonds. The quantitative estimate of drug-likeness (QED) is 0.837. The number of hydrogen-bond acceptors (Lipinski definition) is 3. The van der Waals surface area contributed by atoms with Crippen LogP contribution in [0.1, 0.15) is 29.2 Å². The molecule has 2 N–H and O–H groups in total. The maximum atomic E-state index is 12.5. The van der Waals surface area contributed by atoms with Crippen molar-refractivity contribution < 1.29 is 9.59 Å². The van der Waals surface area contributed by atoms with Crippen LogP contribution in [0.15, 0.2) is 54.6 Å². The molecule has 2 aromatic carbocycles. The number of carbonyl (C=O) groups excluding carboxylic acids is 2. The van der Waals surface area contributed by atoms with Crippen molar-refractivity contribution in [2.45, 2.75) is 25.8 Å². The summed E-state index contributed by atoms with van der Waals surface area (Å²) in [7, 11) is 0. The van der Waals surface area contributed by atoms with Gasteiger partial charge in [-0.05, 0) is 18.1 Å². The van der Waals surface area contributed by atoms with E-state index in [-0.39, 0.29) is 30.3 Å². The molecule has 1 fully saturated rings. The Morgan fingerprint density at radius 1 is 0.893 bits per heavy atom. The van der Waals surface area contributed by atoms with Gasteiger partial charge in [-0.2, -0.15) is 0 Å². The van der Waals surface area contributed by atoms with E-state index in [4.69, 9.17) is 5.73 Å². The third-order valence-electron chi connectivity index (χ3n) is 5.08. The first-order valence-corrected chi connectivity index (χ1v) is 9.44. The van der Waals surface area contributed by atoms with E-state index in [2.05, 4.69) is 0 Å². The maximum Gasteiger partial charge on any atom is 0.227 e. The lowest BCUT2D eigenvalue weighted by Gasteiger charge is -2.35. The predicted molar refractivity (Wildman–Crippen MR) is 113 cm³/mol. The van der Waals surface area contributed by atoms with E-state index < -0.39 is 0 Å². The minimum absolute atomic E-state index is 0. The summed E-state index contributed by atoms with van der Waals surface area (Å²) < 4.78 is 0. The van der Waals surface area contributed by atoms with Gasteiger partial charge in [0.1, 0.15) is 0 Å². The van der Waals surface area contributed by atoms with Crippen molar-refractivity contribution in [3.63, 3.8) is 0 Å². The fourth-order valence-corrected chi connectivity index (χ4v) is 3.33. The zero-order chi connectivity index (χ0) is 19.2. The number of hydrogen-bond donors (Lipinski definition) is 1. The number of amides is 2. The van der Waals surface area contributed by atoms with Gasteiger partial charge in [-0.1, -0.05) is 60.2 Å². The van der Waals surface area contributed by atoms with Crippen LogP contribution in [0.25, 0.3) is 0 Å². The van der Waals surface area contributed by atoms with Gasteiger partial charge >= 0.3 is 0 Å². The highest BCUT2D eigenvalue weighted by atomic mass is 35.5. The van der Waals surface area contributed by atoms with Gasteiger partial charge in [0.05, 0.1) is 6.42 Å². The molecule has 1 unspecified atom stereocenters. The number of aryl methyl sites for hydroxylation is 1. The monoisotopic (exact) mass is 401 g/mol. The molecule has 0 aromatic heterocycles. The van der Waals surface area contributed by atoms with E-state index in [1.54, 1.807) is 0 Å². The van der Waals surface area contributed by atoms with Crippen molar-refractivity contribution in [1.82, 2.24) is 9.80 Å². The molecule has 150 valence electrons. The number of nitrogens with two attached hydrogens (primary N) is 1. The highest BCUT2D eigenvalue weighted by molar-refractivity contribution is 5.85. The van der Waals surface area contributed by atoms with Crippen molar-refractivity contribution in [3.8, 4) is 0 Å². The molecule has 0 saturated carbocycles. The fraction of sp³-hybridized carbons (Fsp3) is 0.364. The molecule has 1 aliphatic rings. The van der Waals surface area contributed by atoms with Gasteiger partial charge < -0.3 is 15.5 Å². The van der Waals surface area contributed by atoms with Crippen LogP contribution in [-0.2, 0) is 16.0 Å². The number of nitrogens with zero attached hydrogens (tertiary/aromatic N) is 2. The van der Waals surface area contributed by atoms with Gasteiger partial charge in [0.15, 0.2) is 0 Å². The summed E-state index contributed by atoms with van der Waals surface area (Å²) in [5.41, 5.74) is 9.35. The number of halogens is 1. The van der Waals surface area contributed by atoms with Gasteiger partial charge in [0, 0.05) is 38.6 Å². The van der Waals surface area contributed by atoms with Gasteiger partial charge in [0.25, 0.3) is 0 Å². The van der Waals surface area contributed by atoms with Gasteiger partial charge in [-0.25, -0.2) is 0 Å². The molecule has 1 atom stereocenters. The summed E-state index contributed by atoms with van der Waals surface area (Å²) in [5, 5.41) is 0. The molecule has 6 heteroatoms. The minimum Gasteiger partial charge on any atom is -0.339 e. The summed E-state index contributed by atoms with van der Waals surface area (Å²) >= 11 is 0. The Morgan fingerprint density at radius 2 is 1.43 bits per heavy atom. The summed E-state index contributed by atoms with van der Waals surface area (Å²) in [5.74, 6) is 0.170. The number of benzene rings is 2. The lowest BCUT2D eigenvalue weighted by atomic mass is 10.0. The van der Waals surface area contributed by atoms with Gasteiger partial charge in [-0.3, -0.25) is 9.59 Å². The van der Waals surface area contributed by atoms with E-state index in [0.717, 1.165) is 11.1 Å². The first-order valence-electron chi connectivity index (χ1n) is 9.44. The fourth-order valence-electron chi connectivity index (χ4n) is 3.33. The highest BCUT2D eigenvalue weighted by Crippen LogP contribution is 2.16. The Balaban J connectivity index is 0.00000280. The van der Waals surface area contributed by atoms with Crippen LogP contribution >= 0.6 is 12.4 Å². The molecule has 0 bridgehead atoms. The second-order valence-electron chi connectivity index (χ2n) is 7.15. The molecule has 1 heterocycles. The average molecular weight is 402 g/mol. The Morgan fingerprint density at radius 3 is 2.00 bits per heavy atom. The molecule has 2 aromatic rings. The molecule has 0 radical (unpaired) electrons. The Hall–Kier alpha value is -2.37. The SMILES string of the molecule is Cc1ccc(CC(=O)N2CCN(C(=O)CC(N)c3ccccc3)CC2)cc1.Cl. The van der Waals surface area contributed by atoms with E-state index in [1.165, 1.54) is 5.56 Å². The third kappa shape index (κ3) is 5.81. The molecule has 28 heavy (non-hydrogen) atoms. The van der Waals surface area contributed by atoms with Crippen LogP contribution < -0.4 is 5.73 Å². The van der Waals surface area contributed by atoms with Crippen LogP contribution in [0.5, 0.6) is 0 Å². The second-order valence-corrected chi connectivity index (χ2v) is 7.15. The normalized spacial score (nSPS) is 14.9. The van der Waals surface area contributed by atoms with E-state index >= 15 is 0 Å². The van der Waals surface area contributed by atoms with Gasteiger partial charge in [-0.15, -0.1) is 12.4 Å². The minimum atomic E-state index is -0.292. The van der Waals surface area contributed by atoms with Crippen LogP contribution in [0.2, 0.25) is 0 Å². The lowest BCUT2D eigenvalue weighted by Crippen LogP contribution is -2.51. The van der Waals surface area contributed by atoms with Crippen molar-refractivity contribution >= 4 is 24.2 Å². The molecule has 3 rings (SSSR count). The molecule has 1 saturated heterocycles. The van der Waals surface area contributed by atoms with Crippen LogP contribution in [0, 0.1) is 6.92 Å². The second kappa shape index (κ2) is 10.2. The van der Waals surface area contributed by atoms with E-state index in [1.807, 2.05) is 71.3 Å². The largest absolute Gasteiger partial charge is 0.339 e. The summed E-state index contributed by atoms with van der Waals surface area (Å²) in [4.78, 5) is 28.7. The van der Waals surface area contributed by atoms with Crippen molar-refractivity contribution in [2.24, 2.45) is 5.73 Å². The molecule has 0 spiro atoms. The van der Waals surface area contributed by atoms with Crippen molar-refractivity contribution in [2.75, 3.05) is 26.2 Å². The number of rotatable bonds is 5. The molecular weight excluding hydrogens is 374 g/mol. The lowest BCUT2D eigenvalue weighted by molar-refractivity contribution is -0.139. The van der Waals surface area contributed by atoms with Gasteiger partial charge in [0.2, 0.25) is 11.8 Å². The topological polar surface area (TPSA) is 66.6 Å². The Bertz CT molecular complexity index is 772. The van der Waals surface area contributed by atoms with E-state index in [9.17, 15) is 9.59 Å². The van der Waals surface area contributed by atoms with Crippen LogP contribution in [0.4, 0.5) is 0 Å². The first kappa shape index (κ1) is 21.9. The molecule has 0 aliphatic carbocycles. The van der Waals surface area contributed by atoms with Crippen LogP contribution in [0.3, 0.4) is 0 Å². The Kier molecular flexibility index (Phi) is 8.03. The molecular formula is C22H28ClN3O2. The first-order chi connectivity index (χ1) is 13.0. The summed E-state index contributed by atoms with van der Waals surface area (Å²) in [6, 6.07) is 17.4. The molecule has 1 aliphatic heterocycles. The zero-order valence-electron chi connectivity index (χ0n) is 16.2. The van der Waals surface area contributed by atoms with Crippen molar-refractivity contribution in [1.29, 1.82) is 0 Å². The Labute approximate surface area is 172 Å². The highest BCUT2D eigenvalue weighted by Gasteiger charge is 2.25. The average Bonchev–Trinajstić information content (AvgIpc) is 2.70. The van der Waals surface area contributed by atoms with Crippen molar-refractivity contribution in [3.05, 3.63) is 71.3 Å². The zero-order valence-corrected chi connectivity index (χ0v) is 17.0. The standard InChI is InChI=1S/C22H27N3O2.ClH/c1-17-7-9-18(10-8-17)15-21(26)24-11-13-25(14-12-24)22(27)16-20(23)19-5-3-2-4-6-19;/h2-10,20H,11-16,23H2,1H3;1H. The molecule has 5 nitrogen and oxygen atoms in total. The number of carbonyl (C=O) groups is 2. The summed E-state index contributed by atoms with van der Waals surface area (Å²) in [6.45, 7) is 4.33. The summed E-state index contributed by atoms with van der Waals surface area (Å²) in [6.07, 6.45) is 0.703. The smallest absolute Gasteiger partial charge is 0.227 e. The van der Waals surface area contributed by atoms with Crippen LogP contribution in [-0.4, -0.2) is 47.8 Å². The third-order valence-corrected chi connectivity index (χ3v) is 5.08.